The van der Waals surface area contributed by atoms with Gasteiger partial charge >= 0.3 is 12.4 Å². The summed E-state index contributed by atoms with van der Waals surface area (Å²) in [4.78, 5) is 159. The summed E-state index contributed by atoms with van der Waals surface area (Å²) in [6.07, 6.45) is 2.91. The number of ether oxygens (including phenoxy) is 1. The number of rotatable bonds is 22. The lowest BCUT2D eigenvalue weighted by atomic mass is 9.86. The van der Waals surface area contributed by atoms with Gasteiger partial charge in [0.2, 0.25) is 35.5 Å². The number of imidazole rings is 2. The maximum atomic E-state index is 13.4. The van der Waals surface area contributed by atoms with Gasteiger partial charge in [0.25, 0.3) is 35.4 Å². The molecule has 8 fully saturated rings. The smallest absolute Gasteiger partial charge is 0.416 e. The fourth-order valence-corrected chi connectivity index (χ4v) is 19.9. The summed E-state index contributed by atoms with van der Waals surface area (Å²) in [6, 6.07) is 28.9. The predicted molar refractivity (Wildman–Crippen MR) is 466 cm³/mol. The molecule has 8 aromatic rings. The van der Waals surface area contributed by atoms with Crippen LogP contribution in [0.25, 0.3) is 22.1 Å². The molecule has 10 heterocycles. The summed E-state index contributed by atoms with van der Waals surface area (Å²) < 4.78 is 89.4. The highest BCUT2D eigenvalue weighted by Gasteiger charge is 2.48. The van der Waals surface area contributed by atoms with Crippen LogP contribution in [0.3, 0.4) is 0 Å². The number of halogens is 6. The standard InChI is InChI=1S/C46H51F3N8O6.C33H43F3N6O2.C15H12N2O6/c47-46(48,49)32-3-1-2-31(23-32)41(60)52-45-50-37-22-30(6-11-38(37)56(45)33-7-4-29(27-58)5-8-33)26-54-20-18-53(19-21-54)25-28-14-16-55(17-15-28)34-9-10-35-36(24-34)44(63)57(43(35)62)39-12-13-40(59)51-42(39)61;34-33(35,36)27-3-1-2-26(19-27)31(44)39-32-38-29-18-25(6-9-30(29)42(32)28-7-4-24(22-43)5-8-28)21-41-16-14-40(15-17-41)20-23-10-12-37-13-11-23;18-5-6-23-8-1-2-9-10(7-8)15(22)17(14(9)21)11-3-4-12(19)16-13(11)20/h1-3,6,9-11,22-24,28-29,33,39,58H,4-5,7-8,12-21,25-27H2,(H,50,52,60)(H,51,59,61);1-3,6,9,18-19,23-24,28,37,43H,4-5,7-8,10-17,20-22H2,(H,38,39,44);1-2,5,7,11H,3-4,6H2,(H,16,19,20). The third-order valence-corrected chi connectivity index (χ3v) is 27.1. The first-order valence-corrected chi connectivity index (χ1v) is 45.0. The Kier molecular flexibility index (Phi) is 28.2. The van der Waals surface area contributed by atoms with Crippen molar-refractivity contribution in [3.05, 3.63) is 177 Å². The molecule has 36 heteroatoms. The number of hydrogen-bond acceptors (Lipinski definition) is 22. The summed E-state index contributed by atoms with van der Waals surface area (Å²) in [5.41, 5.74) is 5.22. The van der Waals surface area contributed by atoms with E-state index in [2.05, 4.69) is 75.3 Å². The molecule has 688 valence electrons. The van der Waals surface area contributed by atoms with Crippen LogP contribution in [0.1, 0.15) is 199 Å². The number of nitrogens with one attached hydrogen (secondary N) is 5. The van der Waals surface area contributed by atoms with Gasteiger partial charge in [0.1, 0.15) is 24.4 Å². The fraction of sp³-hybridized carbons (Fsp3) is 0.479. The quantitative estimate of drug-likeness (QED) is 0.0188. The molecule has 0 radical (unpaired) electrons. The zero-order valence-electron chi connectivity index (χ0n) is 72.0. The van der Waals surface area contributed by atoms with Crippen LogP contribution in [0.4, 0.5) is 43.9 Å². The van der Waals surface area contributed by atoms with Crippen molar-refractivity contribution in [2.24, 2.45) is 23.7 Å². The van der Waals surface area contributed by atoms with E-state index in [1.807, 2.05) is 27.3 Å². The number of aliphatic hydroxyl groups excluding tert-OH is 2. The summed E-state index contributed by atoms with van der Waals surface area (Å²) in [6.45, 7) is 15.6. The monoisotopic (exact) mass is 1800 g/mol. The number of amides is 10. The summed E-state index contributed by atoms with van der Waals surface area (Å²) in [7, 11) is 0. The number of aliphatic hydroxyl groups is 2. The van der Waals surface area contributed by atoms with Crippen molar-refractivity contribution in [1.29, 1.82) is 0 Å². The van der Waals surface area contributed by atoms with E-state index < -0.39 is 94.6 Å². The van der Waals surface area contributed by atoms with Crippen LogP contribution < -0.4 is 36.2 Å². The molecule has 7 N–H and O–H groups in total. The van der Waals surface area contributed by atoms with Gasteiger partial charge in [-0.15, -0.1) is 0 Å². The zero-order valence-corrected chi connectivity index (χ0v) is 72.0. The second-order valence-corrected chi connectivity index (χ2v) is 35.6. The second kappa shape index (κ2) is 40.0. The van der Waals surface area contributed by atoms with Crippen LogP contribution in [0.5, 0.6) is 5.75 Å². The number of aromatic nitrogens is 4. The largest absolute Gasteiger partial charge is 0.486 e. The highest BCUT2D eigenvalue weighted by atomic mass is 19.4. The van der Waals surface area contributed by atoms with Gasteiger partial charge in [-0.05, 0) is 235 Å². The van der Waals surface area contributed by atoms with Crippen molar-refractivity contribution in [2.75, 3.05) is 127 Å². The topological polar surface area (TPSA) is 356 Å². The first-order chi connectivity index (χ1) is 62.6. The molecule has 8 aliphatic heterocycles. The minimum atomic E-state index is -4.58. The van der Waals surface area contributed by atoms with Crippen molar-refractivity contribution in [3.63, 3.8) is 0 Å². The van der Waals surface area contributed by atoms with Gasteiger partial charge in [0, 0.05) is 147 Å². The van der Waals surface area contributed by atoms with E-state index in [1.54, 1.807) is 12.1 Å². The molecule has 30 nitrogen and oxygen atoms in total. The van der Waals surface area contributed by atoms with E-state index in [-0.39, 0.29) is 103 Å². The second-order valence-electron chi connectivity index (χ2n) is 35.6. The molecule has 2 saturated carbocycles. The molecule has 0 bridgehead atoms. The van der Waals surface area contributed by atoms with E-state index in [9.17, 15) is 89.3 Å². The predicted octanol–water partition coefficient (Wildman–Crippen LogP) is 10.3. The molecule has 6 aromatic carbocycles. The van der Waals surface area contributed by atoms with E-state index in [0.29, 0.717) is 35.2 Å². The highest BCUT2D eigenvalue weighted by molar-refractivity contribution is 6.25. The normalized spacial score (nSPS) is 22.5. The zero-order chi connectivity index (χ0) is 91.2. The molecule has 6 saturated heterocycles. The van der Waals surface area contributed by atoms with Gasteiger partial charge in [-0.25, -0.2) is 9.97 Å². The number of carbonyl (C=O) groups excluding carboxylic acids is 11. The maximum Gasteiger partial charge on any atom is 0.416 e. The molecule has 2 unspecified atom stereocenters. The Morgan fingerprint density at radius 1 is 0.454 bits per heavy atom. The van der Waals surface area contributed by atoms with Gasteiger partial charge in [-0.2, -0.15) is 26.3 Å². The van der Waals surface area contributed by atoms with Crippen LogP contribution >= 0.6 is 0 Å². The Morgan fingerprint density at radius 2 is 0.877 bits per heavy atom. The number of nitrogens with zero attached hydrogens (tertiary/aromatic N) is 11. The third kappa shape index (κ3) is 20.9. The van der Waals surface area contributed by atoms with E-state index in [1.165, 1.54) is 61.9 Å². The Hall–Kier alpha value is -11.7. The Labute approximate surface area is 745 Å². The molecule has 2 atom stereocenters. The number of carbonyl (C=O) groups is 11. The number of imide groups is 4. The van der Waals surface area contributed by atoms with Crippen molar-refractivity contribution < 1.29 is 94.0 Å². The fourth-order valence-electron chi connectivity index (χ4n) is 19.9. The molecule has 2 aromatic heterocycles. The molecule has 0 spiro atoms. The molecule has 130 heavy (non-hydrogen) atoms. The van der Waals surface area contributed by atoms with E-state index in [4.69, 9.17) is 14.7 Å². The summed E-state index contributed by atoms with van der Waals surface area (Å²) in [5, 5.41) is 32.9. The maximum absolute atomic E-state index is 13.4. The van der Waals surface area contributed by atoms with Crippen LogP contribution in [0, 0.1) is 23.7 Å². The van der Waals surface area contributed by atoms with Crippen LogP contribution in [0.2, 0.25) is 0 Å². The number of aldehydes is 1. The molecule has 2 aliphatic carbocycles. The van der Waals surface area contributed by atoms with Crippen LogP contribution in [-0.2, 0) is 49.4 Å². The number of fused-ring (bicyclic) bond motifs is 4. The third-order valence-electron chi connectivity index (χ3n) is 27.1. The molecular formula is C94H106F6N16O14. The SMILES string of the molecule is O=C(Nc1nc2cc(CN3CCN(CC4CCNCC4)CC3)ccc2n1C1CCC(CO)CC1)c1cccc(C(F)(F)F)c1.O=C1CCC(N2C(=O)c3ccc(N4CCC(CN5CCN(Cc6ccc7c(c6)nc(NC(=O)c6cccc(C(F)(F)F)c6)n7C6CCC(CO)CC6)CC5)CC4)cc3C2=O)C(=O)N1.O=CCOc1ccc2c(c1)C(=O)N(C1CCC(=O)NC1=O)C2=O. The Balaban J connectivity index is 0.000000159. The minimum Gasteiger partial charge on any atom is -0.486 e. The minimum absolute atomic E-state index is 0.0114. The van der Waals surface area contributed by atoms with E-state index >= 15 is 0 Å². The number of piperidine rings is 4. The van der Waals surface area contributed by atoms with Crippen molar-refractivity contribution in [1.82, 2.24) is 64.5 Å². The lowest BCUT2D eigenvalue weighted by Crippen LogP contribution is -2.54. The lowest BCUT2D eigenvalue weighted by molar-refractivity contribution is -0.138. The van der Waals surface area contributed by atoms with Crippen LogP contribution in [-0.4, -0.2) is 248 Å². The number of benzene rings is 6. The summed E-state index contributed by atoms with van der Waals surface area (Å²) in [5.74, 6) is -2.89. The first-order valence-electron chi connectivity index (χ1n) is 45.0. The Morgan fingerprint density at radius 3 is 1.31 bits per heavy atom. The van der Waals surface area contributed by atoms with Gasteiger partial charge in [-0.1, -0.05) is 24.3 Å². The highest BCUT2D eigenvalue weighted by Crippen LogP contribution is 2.42. The van der Waals surface area contributed by atoms with Gasteiger partial charge in [0.15, 0.2) is 6.29 Å². The molecule has 10 aliphatic rings. The lowest BCUT2D eigenvalue weighted by Gasteiger charge is -2.39. The Bertz CT molecular complexity index is 5600. The van der Waals surface area contributed by atoms with Crippen molar-refractivity contribution in [3.8, 4) is 5.75 Å². The van der Waals surface area contributed by atoms with Gasteiger partial charge in [0.05, 0.1) is 55.4 Å². The number of piperazine rings is 2. The summed E-state index contributed by atoms with van der Waals surface area (Å²) >= 11 is 0. The molecule has 10 amide bonds. The molecule has 18 rings (SSSR count). The van der Waals surface area contributed by atoms with Crippen LogP contribution in [0.15, 0.2) is 121 Å². The van der Waals surface area contributed by atoms with Crippen molar-refractivity contribution in [2.45, 2.75) is 152 Å². The average molecular weight is 1800 g/mol. The van der Waals surface area contributed by atoms with Crippen molar-refractivity contribution >= 4 is 105 Å². The molecular weight excluding hydrogens is 1690 g/mol. The first kappa shape index (κ1) is 91.6. The van der Waals surface area contributed by atoms with E-state index in [0.717, 1.165) is 236 Å². The van der Waals surface area contributed by atoms with Gasteiger partial charge in [-0.3, -0.25) is 93.6 Å². The number of alkyl halides is 6. The van der Waals surface area contributed by atoms with Gasteiger partial charge < -0.3 is 44.1 Å². The number of anilines is 3. The number of hydrogen-bond donors (Lipinski definition) is 7. The average Bonchev–Trinajstić information content (AvgIpc) is 1.62.